The molecule has 0 radical (unpaired) electrons. The van der Waals surface area contributed by atoms with Crippen LogP contribution in [0, 0.1) is 24.0 Å². The van der Waals surface area contributed by atoms with Crippen molar-refractivity contribution in [3.8, 4) is 0 Å². The third kappa shape index (κ3) is 3.55. The van der Waals surface area contributed by atoms with E-state index in [0.29, 0.717) is 5.69 Å². The van der Waals surface area contributed by atoms with Gasteiger partial charge in [-0.2, -0.15) is 0 Å². The first-order valence-corrected chi connectivity index (χ1v) is 6.44. The molecule has 108 valence electrons. The zero-order valence-electron chi connectivity index (χ0n) is 11.4. The van der Waals surface area contributed by atoms with E-state index in [4.69, 9.17) is 11.6 Å². The highest BCUT2D eigenvalue weighted by molar-refractivity contribution is 6.33. The van der Waals surface area contributed by atoms with Gasteiger partial charge in [0.1, 0.15) is 11.3 Å². The van der Waals surface area contributed by atoms with Crippen molar-refractivity contribution < 1.29 is 9.72 Å². The van der Waals surface area contributed by atoms with Crippen molar-refractivity contribution in [3.05, 3.63) is 62.4 Å². The number of amides is 1. The van der Waals surface area contributed by atoms with E-state index < -0.39 is 10.8 Å². The minimum absolute atomic E-state index is 0.0370. The Hall–Kier alpha value is -2.47. The van der Waals surface area contributed by atoms with E-state index in [9.17, 15) is 14.9 Å². The number of nitrogens with zero attached hydrogens (tertiary/aromatic N) is 2. The van der Waals surface area contributed by atoms with Gasteiger partial charge in [-0.15, -0.1) is 0 Å². The SMILES string of the molecule is Cc1cc(C)cc(NC(=O)c2cc([N+](=O)[O-])cnc2Cl)c1. The van der Waals surface area contributed by atoms with Crippen molar-refractivity contribution in [2.24, 2.45) is 0 Å². The summed E-state index contributed by atoms with van der Waals surface area (Å²) in [6, 6.07) is 6.66. The monoisotopic (exact) mass is 305 g/mol. The van der Waals surface area contributed by atoms with Crippen molar-refractivity contribution in [3.63, 3.8) is 0 Å². The van der Waals surface area contributed by atoms with Crippen molar-refractivity contribution in [2.75, 3.05) is 5.32 Å². The van der Waals surface area contributed by atoms with Gasteiger partial charge in [-0.05, 0) is 37.1 Å². The lowest BCUT2D eigenvalue weighted by Crippen LogP contribution is -2.13. The van der Waals surface area contributed by atoms with Gasteiger partial charge in [0.05, 0.1) is 10.5 Å². The Morgan fingerprint density at radius 1 is 1.24 bits per heavy atom. The van der Waals surface area contributed by atoms with Crippen LogP contribution in [-0.4, -0.2) is 15.8 Å². The first-order chi connectivity index (χ1) is 9.86. The second-order valence-corrected chi connectivity index (χ2v) is 4.98. The maximum absolute atomic E-state index is 12.2. The van der Waals surface area contributed by atoms with Crippen LogP contribution in [0.25, 0.3) is 0 Å². The lowest BCUT2D eigenvalue weighted by Gasteiger charge is -2.08. The van der Waals surface area contributed by atoms with Crippen LogP contribution in [0.2, 0.25) is 5.15 Å². The Morgan fingerprint density at radius 3 is 2.43 bits per heavy atom. The molecule has 7 heteroatoms. The number of nitro groups is 1. The predicted octanol–water partition coefficient (Wildman–Crippen LogP) is 3.51. The molecule has 21 heavy (non-hydrogen) atoms. The average molecular weight is 306 g/mol. The van der Waals surface area contributed by atoms with Crippen LogP contribution in [0.4, 0.5) is 11.4 Å². The van der Waals surface area contributed by atoms with Crippen LogP contribution < -0.4 is 5.32 Å². The van der Waals surface area contributed by atoms with Gasteiger partial charge >= 0.3 is 0 Å². The number of carbonyl (C=O) groups excluding carboxylic acids is 1. The third-order valence-corrected chi connectivity index (χ3v) is 3.06. The minimum atomic E-state index is -0.628. The minimum Gasteiger partial charge on any atom is -0.322 e. The van der Waals surface area contributed by atoms with E-state index in [1.807, 2.05) is 19.9 Å². The quantitative estimate of drug-likeness (QED) is 0.534. The smallest absolute Gasteiger partial charge is 0.288 e. The Labute approximate surface area is 125 Å². The first kappa shape index (κ1) is 14.9. The summed E-state index contributed by atoms with van der Waals surface area (Å²) in [6.45, 7) is 3.81. The molecule has 0 spiro atoms. The van der Waals surface area contributed by atoms with Crippen LogP contribution in [-0.2, 0) is 0 Å². The molecule has 0 aliphatic carbocycles. The van der Waals surface area contributed by atoms with E-state index >= 15 is 0 Å². The summed E-state index contributed by atoms with van der Waals surface area (Å²) in [5.41, 5.74) is 2.26. The number of hydrogen-bond donors (Lipinski definition) is 1. The largest absolute Gasteiger partial charge is 0.322 e. The molecule has 0 fully saturated rings. The molecular formula is C14H12ClN3O3. The van der Waals surface area contributed by atoms with Crippen molar-refractivity contribution >= 4 is 28.9 Å². The summed E-state index contributed by atoms with van der Waals surface area (Å²) in [5, 5.41) is 13.3. The summed E-state index contributed by atoms with van der Waals surface area (Å²) >= 11 is 5.83. The van der Waals surface area contributed by atoms with E-state index in [-0.39, 0.29) is 16.4 Å². The Kier molecular flexibility index (Phi) is 4.18. The standard InChI is InChI=1S/C14H12ClN3O3/c1-8-3-9(2)5-10(4-8)17-14(19)12-6-11(18(20)21)7-16-13(12)15/h3-7H,1-2H3,(H,17,19). The van der Waals surface area contributed by atoms with Crippen molar-refractivity contribution in [1.29, 1.82) is 0 Å². The van der Waals surface area contributed by atoms with Gasteiger partial charge in [0, 0.05) is 11.8 Å². The molecule has 0 atom stereocenters. The fraction of sp³-hybridized carbons (Fsp3) is 0.143. The van der Waals surface area contributed by atoms with Gasteiger partial charge < -0.3 is 5.32 Å². The van der Waals surface area contributed by atoms with Gasteiger partial charge in [-0.25, -0.2) is 4.98 Å². The number of rotatable bonds is 3. The number of aromatic nitrogens is 1. The number of benzene rings is 1. The molecule has 0 bridgehead atoms. The Morgan fingerprint density at radius 2 is 1.86 bits per heavy atom. The molecule has 0 aliphatic rings. The molecule has 1 aromatic heterocycles. The molecule has 6 nitrogen and oxygen atoms in total. The molecule has 1 heterocycles. The number of anilines is 1. The van der Waals surface area contributed by atoms with Crippen LogP contribution in [0.3, 0.4) is 0 Å². The van der Waals surface area contributed by atoms with Gasteiger partial charge in [0.2, 0.25) is 0 Å². The zero-order valence-corrected chi connectivity index (χ0v) is 12.1. The maximum Gasteiger partial charge on any atom is 0.288 e. The van der Waals surface area contributed by atoms with Crippen LogP contribution >= 0.6 is 11.6 Å². The van der Waals surface area contributed by atoms with Crippen LogP contribution in [0.15, 0.2) is 30.5 Å². The van der Waals surface area contributed by atoms with Crippen LogP contribution in [0.1, 0.15) is 21.5 Å². The fourth-order valence-electron chi connectivity index (χ4n) is 1.94. The zero-order chi connectivity index (χ0) is 15.6. The van der Waals surface area contributed by atoms with Gasteiger partial charge in [0.25, 0.3) is 11.6 Å². The lowest BCUT2D eigenvalue weighted by atomic mass is 10.1. The second kappa shape index (κ2) is 5.88. The summed E-state index contributed by atoms with van der Waals surface area (Å²) in [5.74, 6) is -0.541. The van der Waals surface area contributed by atoms with Gasteiger partial charge in [-0.3, -0.25) is 14.9 Å². The number of pyridine rings is 1. The molecule has 2 aromatic rings. The molecule has 1 amide bonds. The summed E-state index contributed by atoms with van der Waals surface area (Å²) in [6.07, 6.45) is 1.01. The maximum atomic E-state index is 12.2. The van der Waals surface area contributed by atoms with E-state index in [1.54, 1.807) is 12.1 Å². The van der Waals surface area contributed by atoms with Gasteiger partial charge in [0.15, 0.2) is 0 Å². The number of nitrogens with one attached hydrogen (secondary N) is 1. The van der Waals surface area contributed by atoms with Crippen LogP contribution in [0.5, 0.6) is 0 Å². The first-order valence-electron chi connectivity index (χ1n) is 6.06. The van der Waals surface area contributed by atoms with Gasteiger partial charge in [-0.1, -0.05) is 17.7 Å². The summed E-state index contributed by atoms with van der Waals surface area (Å²) in [7, 11) is 0. The van der Waals surface area contributed by atoms with E-state index in [0.717, 1.165) is 23.4 Å². The van der Waals surface area contributed by atoms with Crippen molar-refractivity contribution in [1.82, 2.24) is 4.98 Å². The molecule has 1 aromatic carbocycles. The van der Waals surface area contributed by atoms with E-state index in [1.165, 1.54) is 0 Å². The molecule has 0 aliphatic heterocycles. The summed E-state index contributed by atoms with van der Waals surface area (Å²) < 4.78 is 0. The molecule has 0 unspecified atom stereocenters. The predicted molar refractivity (Wildman–Crippen MR) is 79.8 cm³/mol. The van der Waals surface area contributed by atoms with E-state index in [2.05, 4.69) is 10.3 Å². The highest BCUT2D eigenvalue weighted by Gasteiger charge is 2.17. The molecule has 0 saturated carbocycles. The molecule has 1 N–H and O–H groups in total. The Bertz CT molecular complexity index is 711. The molecule has 0 saturated heterocycles. The normalized spacial score (nSPS) is 10.2. The second-order valence-electron chi connectivity index (χ2n) is 4.62. The topological polar surface area (TPSA) is 85.1 Å². The Balaban J connectivity index is 2.31. The highest BCUT2D eigenvalue weighted by Crippen LogP contribution is 2.21. The average Bonchev–Trinajstić information content (AvgIpc) is 2.37. The highest BCUT2D eigenvalue weighted by atomic mass is 35.5. The number of carbonyl (C=O) groups is 1. The molecular weight excluding hydrogens is 294 g/mol. The molecule has 2 rings (SSSR count). The summed E-state index contributed by atoms with van der Waals surface area (Å²) in [4.78, 5) is 25.9. The fourth-order valence-corrected chi connectivity index (χ4v) is 2.13. The number of hydrogen-bond acceptors (Lipinski definition) is 4. The van der Waals surface area contributed by atoms with Crippen molar-refractivity contribution in [2.45, 2.75) is 13.8 Å². The number of aryl methyl sites for hydroxylation is 2. The third-order valence-electron chi connectivity index (χ3n) is 2.76. The lowest BCUT2D eigenvalue weighted by molar-refractivity contribution is -0.385. The number of halogens is 1.